The molecular weight excluding hydrogens is 132 g/mol. The summed E-state index contributed by atoms with van der Waals surface area (Å²) in [6.07, 6.45) is 10.3. The second-order valence-corrected chi connectivity index (χ2v) is 2.12. The maximum Gasteiger partial charge on any atom is 0.0258 e. The van der Waals surface area contributed by atoms with Gasteiger partial charge in [0.15, 0.2) is 0 Å². The number of alkyl halides is 1. The number of allylic oxidation sites excluding steroid dienone is 4. The van der Waals surface area contributed by atoms with E-state index in [0.717, 1.165) is 18.7 Å². The van der Waals surface area contributed by atoms with Crippen LogP contribution in [0.2, 0.25) is 0 Å². The summed E-state index contributed by atoms with van der Waals surface area (Å²) in [6.45, 7) is 2.12. The van der Waals surface area contributed by atoms with Gasteiger partial charge in [-0.2, -0.15) is 0 Å². The van der Waals surface area contributed by atoms with Crippen molar-refractivity contribution >= 4 is 11.6 Å². The molecule has 0 aromatic carbocycles. The van der Waals surface area contributed by atoms with E-state index in [1.807, 2.05) is 12.2 Å². The lowest BCUT2D eigenvalue weighted by Gasteiger charge is -1.78. The SMILES string of the molecule is CCC=CC=CCCCl. The third-order valence-corrected chi connectivity index (χ3v) is 1.11. The van der Waals surface area contributed by atoms with E-state index in [9.17, 15) is 0 Å². The molecule has 0 saturated heterocycles. The van der Waals surface area contributed by atoms with Crippen LogP contribution in [0.15, 0.2) is 24.3 Å². The highest BCUT2D eigenvalue weighted by Crippen LogP contribution is 1.87. The first-order valence-corrected chi connectivity index (χ1v) is 3.83. The molecule has 0 aliphatic rings. The van der Waals surface area contributed by atoms with Gasteiger partial charge in [-0.1, -0.05) is 31.2 Å². The van der Waals surface area contributed by atoms with Crippen molar-refractivity contribution in [3.8, 4) is 0 Å². The molecule has 0 heterocycles. The topological polar surface area (TPSA) is 0 Å². The molecule has 0 aliphatic carbocycles. The van der Waals surface area contributed by atoms with Crippen LogP contribution in [0.4, 0.5) is 0 Å². The zero-order valence-electron chi connectivity index (χ0n) is 5.81. The van der Waals surface area contributed by atoms with Crippen molar-refractivity contribution in [3.05, 3.63) is 24.3 Å². The monoisotopic (exact) mass is 144 g/mol. The first-order valence-electron chi connectivity index (χ1n) is 3.29. The zero-order valence-corrected chi connectivity index (χ0v) is 6.56. The lowest BCUT2D eigenvalue weighted by atomic mass is 10.3. The van der Waals surface area contributed by atoms with Crippen LogP contribution in [0.1, 0.15) is 19.8 Å². The van der Waals surface area contributed by atoms with Crippen LogP contribution in [0.3, 0.4) is 0 Å². The fourth-order valence-electron chi connectivity index (χ4n) is 0.452. The van der Waals surface area contributed by atoms with Crippen LogP contribution in [0, 0.1) is 0 Å². The minimum atomic E-state index is 0.719. The molecule has 0 amide bonds. The van der Waals surface area contributed by atoms with Gasteiger partial charge in [0.25, 0.3) is 0 Å². The van der Waals surface area contributed by atoms with Crippen LogP contribution in [0.25, 0.3) is 0 Å². The second kappa shape index (κ2) is 7.77. The zero-order chi connectivity index (χ0) is 6.95. The fraction of sp³-hybridized carbons (Fsp3) is 0.500. The van der Waals surface area contributed by atoms with Gasteiger partial charge in [0, 0.05) is 5.88 Å². The molecule has 0 fully saturated rings. The average Bonchev–Trinajstić information content (AvgIpc) is 1.89. The molecule has 0 nitrogen and oxygen atoms in total. The molecule has 0 aromatic heterocycles. The molecule has 0 aliphatic heterocycles. The fourth-order valence-corrected chi connectivity index (χ4v) is 0.578. The van der Waals surface area contributed by atoms with Gasteiger partial charge in [-0.05, 0) is 12.8 Å². The Morgan fingerprint density at radius 1 is 1.22 bits per heavy atom. The lowest BCUT2D eigenvalue weighted by molar-refractivity contribution is 1.21. The van der Waals surface area contributed by atoms with Gasteiger partial charge in [0.1, 0.15) is 0 Å². The summed E-state index contributed by atoms with van der Waals surface area (Å²) in [5.41, 5.74) is 0. The summed E-state index contributed by atoms with van der Waals surface area (Å²) in [4.78, 5) is 0. The Morgan fingerprint density at radius 2 is 1.89 bits per heavy atom. The van der Waals surface area contributed by atoms with Gasteiger partial charge in [0.05, 0.1) is 0 Å². The Hall–Kier alpha value is -0.230. The second-order valence-electron chi connectivity index (χ2n) is 1.74. The largest absolute Gasteiger partial charge is 0.126 e. The van der Waals surface area contributed by atoms with Crippen molar-refractivity contribution in [2.45, 2.75) is 19.8 Å². The first kappa shape index (κ1) is 8.77. The van der Waals surface area contributed by atoms with Gasteiger partial charge in [-0.15, -0.1) is 11.6 Å². The van der Waals surface area contributed by atoms with Gasteiger partial charge in [0.2, 0.25) is 0 Å². The summed E-state index contributed by atoms with van der Waals surface area (Å²) in [7, 11) is 0. The Kier molecular flexibility index (Phi) is 7.57. The average molecular weight is 145 g/mol. The minimum Gasteiger partial charge on any atom is -0.126 e. The van der Waals surface area contributed by atoms with Gasteiger partial charge in [-0.25, -0.2) is 0 Å². The lowest BCUT2D eigenvalue weighted by Crippen LogP contribution is -1.63. The third-order valence-electron chi connectivity index (χ3n) is 0.895. The quantitative estimate of drug-likeness (QED) is 0.420. The van der Waals surface area contributed by atoms with Crippen LogP contribution in [-0.2, 0) is 0 Å². The minimum absolute atomic E-state index is 0.719. The van der Waals surface area contributed by atoms with E-state index in [2.05, 4.69) is 19.1 Å². The van der Waals surface area contributed by atoms with E-state index in [-0.39, 0.29) is 0 Å². The van der Waals surface area contributed by atoms with E-state index >= 15 is 0 Å². The van der Waals surface area contributed by atoms with Crippen molar-refractivity contribution in [2.24, 2.45) is 0 Å². The van der Waals surface area contributed by atoms with Crippen molar-refractivity contribution < 1.29 is 0 Å². The number of hydrogen-bond acceptors (Lipinski definition) is 0. The molecule has 0 bridgehead atoms. The molecule has 0 radical (unpaired) electrons. The van der Waals surface area contributed by atoms with Gasteiger partial charge < -0.3 is 0 Å². The number of rotatable bonds is 4. The highest BCUT2D eigenvalue weighted by atomic mass is 35.5. The third kappa shape index (κ3) is 7.77. The predicted molar refractivity (Wildman–Crippen MR) is 43.9 cm³/mol. The molecule has 0 aromatic rings. The molecule has 0 saturated carbocycles. The van der Waals surface area contributed by atoms with Gasteiger partial charge in [-0.3, -0.25) is 0 Å². The van der Waals surface area contributed by atoms with Crippen molar-refractivity contribution in [2.75, 3.05) is 5.88 Å². The summed E-state index contributed by atoms with van der Waals surface area (Å²) >= 11 is 5.44. The smallest absolute Gasteiger partial charge is 0.0258 e. The molecule has 0 rings (SSSR count). The van der Waals surface area contributed by atoms with E-state index < -0.39 is 0 Å². The van der Waals surface area contributed by atoms with Crippen molar-refractivity contribution in [1.82, 2.24) is 0 Å². The molecule has 52 valence electrons. The predicted octanol–water partition coefficient (Wildman–Crippen LogP) is 3.14. The molecule has 0 N–H and O–H groups in total. The summed E-state index contributed by atoms with van der Waals surface area (Å²) in [5, 5.41) is 0. The van der Waals surface area contributed by atoms with Gasteiger partial charge >= 0.3 is 0 Å². The highest BCUT2D eigenvalue weighted by molar-refractivity contribution is 6.17. The van der Waals surface area contributed by atoms with E-state index in [1.165, 1.54) is 0 Å². The Morgan fingerprint density at radius 3 is 2.44 bits per heavy atom. The molecule has 0 atom stereocenters. The van der Waals surface area contributed by atoms with E-state index in [1.54, 1.807) is 0 Å². The summed E-state index contributed by atoms with van der Waals surface area (Å²) < 4.78 is 0. The van der Waals surface area contributed by atoms with E-state index in [0.29, 0.717) is 0 Å². The van der Waals surface area contributed by atoms with Crippen molar-refractivity contribution in [1.29, 1.82) is 0 Å². The Labute approximate surface area is 62.2 Å². The molecular formula is C8H13Cl. The Balaban J connectivity index is 3.13. The van der Waals surface area contributed by atoms with Crippen LogP contribution in [0.5, 0.6) is 0 Å². The standard InChI is InChI=1S/C8H13Cl/c1-2-3-4-5-6-7-8-9/h3-6H,2,7-8H2,1H3. The maximum absolute atomic E-state index is 5.44. The summed E-state index contributed by atoms with van der Waals surface area (Å²) in [6, 6.07) is 0. The number of hydrogen-bond donors (Lipinski definition) is 0. The normalized spacial score (nSPS) is 11.8. The molecule has 0 spiro atoms. The van der Waals surface area contributed by atoms with E-state index in [4.69, 9.17) is 11.6 Å². The van der Waals surface area contributed by atoms with Crippen molar-refractivity contribution in [3.63, 3.8) is 0 Å². The molecule has 0 unspecified atom stereocenters. The molecule has 1 heteroatoms. The summed E-state index contributed by atoms with van der Waals surface area (Å²) in [5.74, 6) is 0.719. The van der Waals surface area contributed by atoms with Crippen LogP contribution in [-0.4, -0.2) is 5.88 Å². The van der Waals surface area contributed by atoms with Crippen LogP contribution >= 0.6 is 11.6 Å². The highest BCUT2D eigenvalue weighted by Gasteiger charge is 1.69. The maximum atomic E-state index is 5.44. The Bertz CT molecular complexity index is 92.7. The van der Waals surface area contributed by atoms with Crippen LogP contribution < -0.4 is 0 Å². The molecule has 9 heavy (non-hydrogen) atoms. The first-order chi connectivity index (χ1) is 4.41. The number of halogens is 1.